The van der Waals surface area contributed by atoms with Crippen molar-refractivity contribution in [2.45, 2.75) is 123 Å². The van der Waals surface area contributed by atoms with Crippen molar-refractivity contribution in [3.05, 3.63) is 34.4 Å². The molecular weight excluding hydrogens is 490 g/mol. The summed E-state index contributed by atoms with van der Waals surface area (Å²) >= 11 is 0. The minimum Gasteiger partial charge on any atom is -0.463 e. The molecule has 1 aliphatic heterocycles. The van der Waals surface area contributed by atoms with E-state index in [1.54, 1.807) is 6.92 Å². The largest absolute Gasteiger partial charge is 0.463 e. The highest BCUT2D eigenvalue weighted by Gasteiger charge is 2.54. The first kappa shape index (κ1) is 28.2. The lowest BCUT2D eigenvalue weighted by atomic mass is 9.52. The summed E-state index contributed by atoms with van der Waals surface area (Å²) in [4.78, 5) is 38.4. The molecule has 0 aromatic heterocycles. The Hall–Kier alpha value is -2.37. The number of rotatable bonds is 4. The maximum Gasteiger partial charge on any atom is 0.302 e. The second kappa shape index (κ2) is 10.6. The molecule has 214 valence electrons. The summed E-state index contributed by atoms with van der Waals surface area (Å²) in [5.41, 5.74) is 5.91. The Balaban J connectivity index is 1.43. The Morgan fingerprint density at radius 3 is 2.41 bits per heavy atom. The van der Waals surface area contributed by atoms with E-state index in [0.29, 0.717) is 24.3 Å². The van der Waals surface area contributed by atoms with Crippen LogP contribution in [0.2, 0.25) is 0 Å². The van der Waals surface area contributed by atoms with Crippen LogP contribution in [0.3, 0.4) is 0 Å². The zero-order valence-corrected chi connectivity index (χ0v) is 24.9. The fourth-order valence-corrected chi connectivity index (χ4v) is 9.29. The number of carbonyl (C=O) groups is 3. The van der Waals surface area contributed by atoms with Gasteiger partial charge in [0.1, 0.15) is 12.2 Å². The van der Waals surface area contributed by atoms with Crippen molar-refractivity contribution >= 4 is 17.8 Å². The number of likely N-dealkylation sites (tertiary alicyclic amines) is 1. The Morgan fingerprint density at radius 2 is 1.74 bits per heavy atom. The third-order valence-electron chi connectivity index (χ3n) is 11.1. The summed E-state index contributed by atoms with van der Waals surface area (Å²) in [6, 6.07) is 4.51. The minimum absolute atomic E-state index is 0.0451. The summed E-state index contributed by atoms with van der Waals surface area (Å²) in [5, 5.41) is 0. The molecule has 6 heteroatoms. The first-order chi connectivity index (χ1) is 18.4. The SMILES string of the molecule is CC(=O)OC1CCC2(C)C(CCC3c4ccc(C(C)C5C(OC(C)=O)CC(C)CN5C(C)=O)c(C)c4CC32)C1. The van der Waals surface area contributed by atoms with Gasteiger partial charge in [-0.25, -0.2) is 0 Å². The van der Waals surface area contributed by atoms with Crippen LogP contribution in [0.1, 0.15) is 114 Å². The molecule has 0 bridgehead atoms. The van der Waals surface area contributed by atoms with E-state index in [1.807, 2.05) is 4.90 Å². The molecule has 9 atom stereocenters. The summed E-state index contributed by atoms with van der Waals surface area (Å²) in [6.07, 6.45) is 7.13. The van der Waals surface area contributed by atoms with Crippen LogP contribution in [0.15, 0.2) is 12.1 Å². The Morgan fingerprint density at radius 1 is 1.03 bits per heavy atom. The number of hydrogen-bond donors (Lipinski definition) is 0. The number of piperidine rings is 1. The van der Waals surface area contributed by atoms with Crippen LogP contribution in [0, 0.1) is 30.1 Å². The van der Waals surface area contributed by atoms with Gasteiger partial charge >= 0.3 is 11.9 Å². The van der Waals surface area contributed by atoms with E-state index >= 15 is 0 Å². The topological polar surface area (TPSA) is 72.9 Å². The number of amides is 1. The minimum atomic E-state index is -0.299. The number of hydrogen-bond acceptors (Lipinski definition) is 5. The maximum atomic E-state index is 12.8. The van der Waals surface area contributed by atoms with Crippen LogP contribution in [-0.2, 0) is 30.3 Å². The standard InChI is InChI=1S/C33H47NO5/c1-18-14-31(39-23(6)37)32(34(17-18)21(4)35)20(3)26-10-11-27-28-9-8-24-15-25(38-22(5)36)12-13-33(24,7)30(28)16-29(27)19(26)2/h10-11,18,20,24-25,28,30-32H,8-9,12-17H2,1-7H3. The molecule has 0 N–H and O–H groups in total. The van der Waals surface area contributed by atoms with Gasteiger partial charge in [0.05, 0.1) is 6.04 Å². The summed E-state index contributed by atoms with van der Waals surface area (Å²) in [5.74, 6) is 1.76. The fourth-order valence-electron chi connectivity index (χ4n) is 9.29. The third kappa shape index (κ3) is 5.02. The van der Waals surface area contributed by atoms with E-state index in [4.69, 9.17) is 9.47 Å². The summed E-state index contributed by atoms with van der Waals surface area (Å²) < 4.78 is 11.5. The number of ether oxygens (including phenoxy) is 2. The number of carbonyl (C=O) groups excluding carboxylic acids is 3. The van der Waals surface area contributed by atoms with Gasteiger partial charge < -0.3 is 14.4 Å². The molecule has 4 aliphatic rings. The lowest BCUT2D eigenvalue weighted by Crippen LogP contribution is -2.56. The van der Waals surface area contributed by atoms with Crippen LogP contribution >= 0.6 is 0 Å². The highest BCUT2D eigenvalue weighted by molar-refractivity contribution is 5.74. The monoisotopic (exact) mass is 537 g/mol. The maximum absolute atomic E-state index is 12.8. The molecule has 3 fully saturated rings. The normalized spacial score (nSPS) is 36.3. The second-order valence-electron chi connectivity index (χ2n) is 13.5. The van der Waals surface area contributed by atoms with Crippen molar-refractivity contribution < 1.29 is 23.9 Å². The van der Waals surface area contributed by atoms with E-state index in [2.05, 4.69) is 39.8 Å². The van der Waals surface area contributed by atoms with Crippen LogP contribution in [0.25, 0.3) is 0 Å². The van der Waals surface area contributed by atoms with E-state index in [-0.39, 0.29) is 53.3 Å². The predicted molar refractivity (Wildman–Crippen MR) is 150 cm³/mol. The molecule has 39 heavy (non-hydrogen) atoms. The van der Waals surface area contributed by atoms with Gasteiger partial charge in [0.25, 0.3) is 0 Å². The van der Waals surface area contributed by atoms with Crippen molar-refractivity contribution in [2.24, 2.45) is 23.2 Å². The van der Waals surface area contributed by atoms with Gasteiger partial charge in [-0.05, 0) is 103 Å². The quantitative estimate of drug-likeness (QED) is 0.436. The van der Waals surface area contributed by atoms with Gasteiger partial charge in [0.2, 0.25) is 5.91 Å². The highest BCUT2D eigenvalue weighted by atomic mass is 16.5. The van der Waals surface area contributed by atoms with Crippen molar-refractivity contribution in [3.8, 4) is 0 Å². The molecule has 1 aromatic rings. The van der Waals surface area contributed by atoms with Gasteiger partial charge in [-0.15, -0.1) is 0 Å². The Labute approximate surface area is 234 Å². The molecule has 0 radical (unpaired) electrons. The molecular formula is C33H47NO5. The van der Waals surface area contributed by atoms with Crippen molar-refractivity contribution in [3.63, 3.8) is 0 Å². The second-order valence-corrected chi connectivity index (χ2v) is 13.5. The molecule has 1 amide bonds. The van der Waals surface area contributed by atoms with Gasteiger partial charge in [-0.3, -0.25) is 14.4 Å². The molecule has 1 aromatic carbocycles. The molecule has 3 aliphatic carbocycles. The number of nitrogens with zero attached hydrogens (tertiary/aromatic N) is 1. The van der Waals surface area contributed by atoms with Gasteiger partial charge in [-0.1, -0.05) is 32.9 Å². The molecule has 6 nitrogen and oxygen atoms in total. The van der Waals surface area contributed by atoms with Gasteiger partial charge in [0, 0.05) is 33.2 Å². The summed E-state index contributed by atoms with van der Waals surface area (Å²) in [6.45, 7) is 14.4. The molecule has 9 unspecified atom stereocenters. The number of fused-ring (bicyclic) bond motifs is 5. The Kier molecular flexibility index (Phi) is 7.62. The van der Waals surface area contributed by atoms with Gasteiger partial charge in [-0.2, -0.15) is 0 Å². The zero-order chi connectivity index (χ0) is 28.2. The van der Waals surface area contributed by atoms with E-state index < -0.39 is 0 Å². The third-order valence-corrected chi connectivity index (χ3v) is 11.1. The lowest BCUT2D eigenvalue weighted by Gasteiger charge is -2.53. The van der Waals surface area contributed by atoms with E-state index in [1.165, 1.54) is 48.9 Å². The van der Waals surface area contributed by atoms with E-state index in [9.17, 15) is 14.4 Å². The highest BCUT2D eigenvalue weighted by Crippen LogP contribution is 2.62. The molecule has 1 heterocycles. The first-order valence-corrected chi connectivity index (χ1v) is 15.1. The smallest absolute Gasteiger partial charge is 0.302 e. The lowest BCUT2D eigenvalue weighted by molar-refractivity contribution is -0.160. The predicted octanol–water partition coefficient (Wildman–Crippen LogP) is 6.07. The molecule has 5 rings (SSSR count). The average molecular weight is 538 g/mol. The Bertz CT molecular complexity index is 1150. The van der Waals surface area contributed by atoms with E-state index in [0.717, 1.165) is 32.1 Å². The zero-order valence-electron chi connectivity index (χ0n) is 24.9. The van der Waals surface area contributed by atoms with Gasteiger partial charge in [0.15, 0.2) is 0 Å². The van der Waals surface area contributed by atoms with Crippen LogP contribution in [-0.4, -0.2) is 47.5 Å². The van der Waals surface area contributed by atoms with Crippen molar-refractivity contribution in [1.82, 2.24) is 4.90 Å². The van der Waals surface area contributed by atoms with Crippen molar-refractivity contribution in [2.75, 3.05) is 6.54 Å². The molecule has 0 spiro atoms. The fraction of sp³-hybridized carbons (Fsp3) is 0.727. The molecule has 1 saturated heterocycles. The van der Waals surface area contributed by atoms with Crippen LogP contribution in [0.5, 0.6) is 0 Å². The molecule has 2 saturated carbocycles. The first-order valence-electron chi connectivity index (χ1n) is 15.1. The number of benzene rings is 1. The average Bonchev–Trinajstić information content (AvgIpc) is 3.24. The number of esters is 2. The summed E-state index contributed by atoms with van der Waals surface area (Å²) in [7, 11) is 0. The van der Waals surface area contributed by atoms with Crippen molar-refractivity contribution in [1.29, 1.82) is 0 Å². The van der Waals surface area contributed by atoms with Crippen LogP contribution < -0.4 is 0 Å². The van der Waals surface area contributed by atoms with Crippen LogP contribution in [0.4, 0.5) is 0 Å².